The van der Waals surface area contributed by atoms with Crippen LogP contribution < -0.4 is 19.8 Å². The Hall–Kier alpha value is -3.45. The van der Waals surface area contributed by atoms with Crippen molar-refractivity contribution in [1.29, 1.82) is 0 Å². The fourth-order valence-electron chi connectivity index (χ4n) is 3.49. The van der Waals surface area contributed by atoms with Crippen LogP contribution in [0.25, 0.3) is 10.9 Å². The summed E-state index contributed by atoms with van der Waals surface area (Å²) in [5, 5.41) is 1.29. The van der Waals surface area contributed by atoms with Gasteiger partial charge in [-0.25, -0.2) is 4.98 Å². The molecule has 1 aliphatic rings. The molecule has 31 heavy (non-hydrogen) atoms. The summed E-state index contributed by atoms with van der Waals surface area (Å²) >= 11 is 1.53. The van der Waals surface area contributed by atoms with Crippen LogP contribution in [0.1, 0.15) is 11.1 Å². The lowest BCUT2D eigenvalue weighted by atomic mass is 10.2. The molecular weight excluding hydrogens is 412 g/mol. The molecule has 0 unspecified atom stereocenters. The number of rotatable bonds is 6. The Bertz CT molecular complexity index is 1300. The van der Waals surface area contributed by atoms with Crippen molar-refractivity contribution in [3.05, 3.63) is 88.2 Å². The van der Waals surface area contributed by atoms with Gasteiger partial charge in [0, 0.05) is 5.75 Å². The number of para-hydroxylation sites is 1. The molecule has 6 nitrogen and oxygen atoms in total. The Morgan fingerprint density at radius 3 is 2.61 bits per heavy atom. The van der Waals surface area contributed by atoms with Crippen LogP contribution in [0.3, 0.4) is 0 Å². The second-order valence-corrected chi connectivity index (χ2v) is 8.07. The second kappa shape index (κ2) is 8.35. The van der Waals surface area contributed by atoms with E-state index in [9.17, 15) is 4.79 Å². The first-order valence-electron chi connectivity index (χ1n) is 9.85. The molecule has 0 aliphatic carbocycles. The summed E-state index contributed by atoms with van der Waals surface area (Å²) < 4.78 is 17.8. The molecule has 1 aromatic heterocycles. The van der Waals surface area contributed by atoms with E-state index in [1.165, 1.54) is 11.8 Å². The summed E-state index contributed by atoms with van der Waals surface area (Å²) in [5.74, 6) is 2.95. The van der Waals surface area contributed by atoms with E-state index in [4.69, 9.17) is 19.2 Å². The van der Waals surface area contributed by atoms with Crippen LogP contribution in [0, 0.1) is 0 Å². The van der Waals surface area contributed by atoms with Gasteiger partial charge >= 0.3 is 0 Å². The molecule has 0 saturated carbocycles. The normalized spacial score (nSPS) is 12.3. The van der Waals surface area contributed by atoms with Gasteiger partial charge in [-0.2, -0.15) is 0 Å². The average Bonchev–Trinajstić information content (AvgIpc) is 3.28. The van der Waals surface area contributed by atoms with Gasteiger partial charge in [-0.1, -0.05) is 42.1 Å². The molecule has 3 aromatic carbocycles. The minimum Gasteiger partial charge on any atom is -0.497 e. The fraction of sp³-hybridized carbons (Fsp3) is 0.167. The van der Waals surface area contributed by atoms with E-state index >= 15 is 0 Å². The summed E-state index contributed by atoms with van der Waals surface area (Å²) in [6.07, 6.45) is 0. The number of thioether (sulfide) groups is 1. The van der Waals surface area contributed by atoms with Crippen molar-refractivity contribution in [2.45, 2.75) is 17.5 Å². The summed E-state index contributed by atoms with van der Waals surface area (Å²) in [6, 6.07) is 21.1. The van der Waals surface area contributed by atoms with E-state index in [2.05, 4.69) is 0 Å². The highest BCUT2D eigenvalue weighted by Gasteiger charge is 2.15. The van der Waals surface area contributed by atoms with Gasteiger partial charge in [0.05, 0.1) is 24.6 Å². The maximum atomic E-state index is 13.3. The summed E-state index contributed by atoms with van der Waals surface area (Å²) in [7, 11) is 1.64. The molecule has 5 rings (SSSR count). The fourth-order valence-corrected chi connectivity index (χ4v) is 4.43. The third kappa shape index (κ3) is 3.96. The topological polar surface area (TPSA) is 62.6 Å². The number of ether oxygens (including phenoxy) is 3. The van der Waals surface area contributed by atoms with Crippen molar-refractivity contribution in [3.8, 4) is 17.2 Å². The Balaban J connectivity index is 1.49. The van der Waals surface area contributed by atoms with Gasteiger partial charge in [0.15, 0.2) is 16.7 Å². The highest BCUT2D eigenvalue weighted by molar-refractivity contribution is 7.98. The molecule has 156 valence electrons. The standard InChI is InChI=1S/C24H20N2O4S/c1-28-18-9-6-16(7-10-18)13-26-23(27)19-4-2-3-5-20(19)25-24(26)31-14-17-8-11-21-22(12-17)30-15-29-21/h2-12H,13-15H2,1H3. The van der Waals surface area contributed by atoms with Crippen molar-refractivity contribution < 1.29 is 14.2 Å². The van der Waals surface area contributed by atoms with Crippen molar-refractivity contribution in [2.75, 3.05) is 13.9 Å². The van der Waals surface area contributed by atoms with Crippen LogP contribution in [0.4, 0.5) is 0 Å². The first kappa shape index (κ1) is 19.5. The molecule has 0 bridgehead atoms. The Labute approximate surface area is 183 Å². The predicted octanol–water partition coefficient (Wildman–Crippen LogP) is 4.47. The lowest BCUT2D eigenvalue weighted by molar-refractivity contribution is 0.174. The van der Waals surface area contributed by atoms with Gasteiger partial charge < -0.3 is 14.2 Å². The highest BCUT2D eigenvalue weighted by atomic mass is 32.2. The molecule has 0 atom stereocenters. The monoisotopic (exact) mass is 432 g/mol. The van der Waals surface area contributed by atoms with Crippen LogP contribution in [0.5, 0.6) is 17.2 Å². The minimum absolute atomic E-state index is 0.0467. The highest BCUT2D eigenvalue weighted by Crippen LogP contribution is 2.34. The van der Waals surface area contributed by atoms with Crippen molar-refractivity contribution in [1.82, 2.24) is 9.55 Å². The Morgan fingerprint density at radius 2 is 1.77 bits per heavy atom. The Kier molecular flexibility index (Phi) is 5.26. The van der Waals surface area contributed by atoms with E-state index in [-0.39, 0.29) is 12.4 Å². The maximum Gasteiger partial charge on any atom is 0.262 e. The van der Waals surface area contributed by atoms with Crippen LogP contribution >= 0.6 is 11.8 Å². The number of hydrogen-bond acceptors (Lipinski definition) is 6. The third-order valence-corrected chi connectivity index (χ3v) is 6.18. The molecular formula is C24H20N2O4S. The van der Waals surface area contributed by atoms with Gasteiger partial charge in [-0.05, 0) is 47.5 Å². The van der Waals surface area contributed by atoms with Gasteiger partial charge in [-0.15, -0.1) is 0 Å². The number of aromatic nitrogens is 2. The van der Waals surface area contributed by atoms with Crippen LogP contribution in [-0.4, -0.2) is 23.5 Å². The summed E-state index contributed by atoms with van der Waals surface area (Å²) in [6.45, 7) is 0.684. The number of nitrogens with zero attached hydrogens (tertiary/aromatic N) is 2. The van der Waals surface area contributed by atoms with E-state index < -0.39 is 0 Å². The molecule has 0 saturated heterocycles. The first-order valence-corrected chi connectivity index (χ1v) is 10.8. The van der Waals surface area contributed by atoms with Gasteiger partial charge in [0.1, 0.15) is 5.75 Å². The minimum atomic E-state index is -0.0467. The lowest BCUT2D eigenvalue weighted by Crippen LogP contribution is -2.24. The van der Waals surface area contributed by atoms with Crippen LogP contribution in [0.15, 0.2) is 76.7 Å². The lowest BCUT2D eigenvalue weighted by Gasteiger charge is -2.14. The summed E-state index contributed by atoms with van der Waals surface area (Å²) in [5.41, 5.74) is 2.74. The maximum absolute atomic E-state index is 13.3. The van der Waals surface area contributed by atoms with Crippen LogP contribution in [0.2, 0.25) is 0 Å². The first-order chi connectivity index (χ1) is 15.2. The zero-order chi connectivity index (χ0) is 21.2. The van der Waals surface area contributed by atoms with E-state index in [0.717, 1.165) is 28.4 Å². The van der Waals surface area contributed by atoms with Gasteiger partial charge in [-0.3, -0.25) is 9.36 Å². The summed E-state index contributed by atoms with van der Waals surface area (Å²) in [4.78, 5) is 18.1. The molecule has 2 heterocycles. The molecule has 0 spiro atoms. The quantitative estimate of drug-likeness (QED) is 0.331. The molecule has 0 N–H and O–H groups in total. The predicted molar refractivity (Wildman–Crippen MR) is 120 cm³/mol. The Morgan fingerprint density at radius 1 is 1.00 bits per heavy atom. The molecule has 0 radical (unpaired) electrons. The van der Waals surface area contributed by atoms with Gasteiger partial charge in [0.25, 0.3) is 5.56 Å². The van der Waals surface area contributed by atoms with E-state index in [1.54, 1.807) is 11.7 Å². The third-order valence-electron chi connectivity index (χ3n) is 5.13. The van der Waals surface area contributed by atoms with E-state index in [0.29, 0.717) is 28.4 Å². The number of fused-ring (bicyclic) bond motifs is 2. The number of benzene rings is 3. The molecule has 0 fully saturated rings. The second-order valence-electron chi connectivity index (χ2n) is 7.13. The smallest absolute Gasteiger partial charge is 0.262 e. The van der Waals surface area contributed by atoms with Crippen LogP contribution in [-0.2, 0) is 12.3 Å². The number of methoxy groups -OCH3 is 1. The average molecular weight is 433 g/mol. The zero-order valence-corrected chi connectivity index (χ0v) is 17.7. The molecule has 7 heteroatoms. The SMILES string of the molecule is COc1ccc(Cn2c(SCc3ccc4c(c3)OCO4)nc3ccccc3c2=O)cc1. The zero-order valence-electron chi connectivity index (χ0n) is 16.9. The molecule has 4 aromatic rings. The molecule has 1 aliphatic heterocycles. The van der Waals surface area contributed by atoms with Crippen molar-refractivity contribution in [3.63, 3.8) is 0 Å². The number of hydrogen-bond donors (Lipinski definition) is 0. The van der Waals surface area contributed by atoms with Crippen molar-refractivity contribution in [2.24, 2.45) is 0 Å². The van der Waals surface area contributed by atoms with Crippen molar-refractivity contribution >= 4 is 22.7 Å². The van der Waals surface area contributed by atoms with E-state index in [1.807, 2.05) is 66.7 Å². The molecule has 0 amide bonds. The largest absolute Gasteiger partial charge is 0.497 e. The van der Waals surface area contributed by atoms with Gasteiger partial charge in [0.2, 0.25) is 6.79 Å².